The highest BCUT2D eigenvalue weighted by Gasteiger charge is 2.20. The van der Waals surface area contributed by atoms with E-state index in [0.29, 0.717) is 5.56 Å². The highest BCUT2D eigenvalue weighted by atomic mass is 16.2. The van der Waals surface area contributed by atoms with Crippen molar-refractivity contribution in [2.75, 3.05) is 13.1 Å². The van der Waals surface area contributed by atoms with Crippen molar-refractivity contribution >= 4 is 0 Å². The van der Waals surface area contributed by atoms with Crippen LogP contribution in [0, 0.1) is 0 Å². The van der Waals surface area contributed by atoms with E-state index in [1.165, 1.54) is 7.05 Å². The van der Waals surface area contributed by atoms with Gasteiger partial charge in [-0.2, -0.15) is 0 Å². The van der Waals surface area contributed by atoms with E-state index < -0.39 is 0 Å². The number of aromatic amines is 1. The summed E-state index contributed by atoms with van der Waals surface area (Å²) in [6.07, 6.45) is 2.50. The van der Waals surface area contributed by atoms with Crippen LogP contribution in [-0.2, 0) is 7.05 Å². The van der Waals surface area contributed by atoms with Gasteiger partial charge in [-0.3, -0.25) is 9.36 Å². The molecule has 2 rings (SSSR count). The van der Waals surface area contributed by atoms with E-state index in [0.717, 1.165) is 24.1 Å². The van der Waals surface area contributed by atoms with Crippen LogP contribution in [0.2, 0.25) is 0 Å². The lowest BCUT2D eigenvalue weighted by Gasteiger charge is -2.07. The zero-order valence-electron chi connectivity index (χ0n) is 8.04. The molecule has 0 aliphatic carbocycles. The first-order valence-electron chi connectivity index (χ1n) is 4.69. The second-order valence-electron chi connectivity index (χ2n) is 3.60. The summed E-state index contributed by atoms with van der Waals surface area (Å²) in [7, 11) is 1.49. The van der Waals surface area contributed by atoms with Gasteiger partial charge in [0.2, 0.25) is 0 Å². The third-order valence-electron chi connectivity index (χ3n) is 2.71. The molecule has 1 aromatic rings. The normalized spacial score (nSPS) is 21.4. The summed E-state index contributed by atoms with van der Waals surface area (Å²) in [6.45, 7) is 1.76. The van der Waals surface area contributed by atoms with Crippen LogP contribution in [-0.4, -0.2) is 22.6 Å². The Bertz CT molecular complexity index is 440. The molecule has 0 bridgehead atoms. The molecule has 1 aliphatic rings. The van der Waals surface area contributed by atoms with E-state index in [1.54, 1.807) is 6.20 Å². The summed E-state index contributed by atoms with van der Waals surface area (Å²) in [5, 5.41) is 3.19. The molecule has 14 heavy (non-hydrogen) atoms. The van der Waals surface area contributed by atoms with Crippen molar-refractivity contribution in [2.45, 2.75) is 12.3 Å². The molecule has 0 amide bonds. The van der Waals surface area contributed by atoms with Gasteiger partial charge in [-0.05, 0) is 13.0 Å². The van der Waals surface area contributed by atoms with E-state index in [1.807, 2.05) is 0 Å². The summed E-state index contributed by atoms with van der Waals surface area (Å²) in [6, 6.07) is 0. The largest absolute Gasteiger partial charge is 0.328 e. The molecule has 0 spiro atoms. The Hall–Kier alpha value is -1.36. The molecular weight excluding hydrogens is 182 g/mol. The predicted molar refractivity (Wildman–Crippen MR) is 52.5 cm³/mol. The lowest BCUT2D eigenvalue weighted by Crippen LogP contribution is -2.35. The topological polar surface area (TPSA) is 66.9 Å². The lowest BCUT2D eigenvalue weighted by molar-refractivity contribution is 0.691. The Morgan fingerprint density at radius 2 is 2.29 bits per heavy atom. The Kier molecular flexibility index (Phi) is 2.25. The average Bonchev–Trinajstić information content (AvgIpc) is 2.67. The van der Waals surface area contributed by atoms with Gasteiger partial charge >= 0.3 is 5.69 Å². The van der Waals surface area contributed by atoms with E-state index in [-0.39, 0.29) is 17.2 Å². The number of aromatic nitrogens is 2. The Morgan fingerprint density at radius 1 is 1.50 bits per heavy atom. The van der Waals surface area contributed by atoms with Crippen molar-refractivity contribution < 1.29 is 0 Å². The third kappa shape index (κ3) is 1.39. The van der Waals surface area contributed by atoms with Crippen LogP contribution < -0.4 is 16.6 Å². The minimum Gasteiger partial charge on any atom is -0.316 e. The minimum atomic E-state index is -0.357. The van der Waals surface area contributed by atoms with Crippen LogP contribution in [0.25, 0.3) is 0 Å². The zero-order chi connectivity index (χ0) is 10.1. The van der Waals surface area contributed by atoms with Gasteiger partial charge in [-0.15, -0.1) is 0 Å². The van der Waals surface area contributed by atoms with E-state index in [4.69, 9.17) is 0 Å². The molecule has 0 aromatic carbocycles. The molecule has 5 nitrogen and oxygen atoms in total. The van der Waals surface area contributed by atoms with Crippen molar-refractivity contribution in [1.29, 1.82) is 0 Å². The van der Waals surface area contributed by atoms with E-state index in [2.05, 4.69) is 10.3 Å². The maximum Gasteiger partial charge on any atom is 0.328 e. The van der Waals surface area contributed by atoms with Gasteiger partial charge in [0.25, 0.3) is 5.56 Å². The fraction of sp³-hybridized carbons (Fsp3) is 0.556. The molecule has 2 heterocycles. The molecular formula is C9H13N3O2. The lowest BCUT2D eigenvalue weighted by atomic mass is 10.0. The predicted octanol–water partition coefficient (Wildman–Crippen LogP) is -0.849. The van der Waals surface area contributed by atoms with Crippen molar-refractivity contribution in [1.82, 2.24) is 14.9 Å². The summed E-state index contributed by atoms with van der Waals surface area (Å²) in [5.74, 6) is 0.241. The maximum absolute atomic E-state index is 11.7. The molecule has 1 saturated heterocycles. The summed E-state index contributed by atoms with van der Waals surface area (Å²) >= 11 is 0. The van der Waals surface area contributed by atoms with Crippen molar-refractivity contribution in [3.63, 3.8) is 0 Å². The van der Waals surface area contributed by atoms with Crippen LogP contribution in [0.1, 0.15) is 17.9 Å². The molecule has 5 heteroatoms. The quantitative estimate of drug-likeness (QED) is 0.613. The van der Waals surface area contributed by atoms with Crippen molar-refractivity contribution in [3.8, 4) is 0 Å². The minimum absolute atomic E-state index is 0.178. The number of H-pyrrole nitrogens is 1. The smallest absolute Gasteiger partial charge is 0.316 e. The SMILES string of the molecule is Cn1c(=O)[nH]cc(C2CCNC2)c1=O. The number of hydrogen-bond acceptors (Lipinski definition) is 3. The van der Waals surface area contributed by atoms with Gasteiger partial charge in [-0.25, -0.2) is 4.79 Å². The fourth-order valence-corrected chi connectivity index (χ4v) is 1.80. The van der Waals surface area contributed by atoms with Crippen LogP contribution in [0.3, 0.4) is 0 Å². The molecule has 0 saturated carbocycles. The number of nitrogens with one attached hydrogen (secondary N) is 2. The number of nitrogens with zero attached hydrogens (tertiary/aromatic N) is 1. The Balaban J connectivity index is 2.49. The molecule has 76 valence electrons. The maximum atomic E-state index is 11.7. The molecule has 1 unspecified atom stereocenters. The van der Waals surface area contributed by atoms with Crippen molar-refractivity contribution in [3.05, 3.63) is 32.6 Å². The third-order valence-corrected chi connectivity index (χ3v) is 2.71. The second kappa shape index (κ2) is 3.42. The first-order chi connectivity index (χ1) is 6.70. The average molecular weight is 195 g/mol. The second-order valence-corrected chi connectivity index (χ2v) is 3.60. The van der Waals surface area contributed by atoms with Gasteiger partial charge < -0.3 is 10.3 Å². The number of hydrogen-bond donors (Lipinski definition) is 2. The van der Waals surface area contributed by atoms with Gasteiger partial charge in [0.05, 0.1) is 0 Å². The monoisotopic (exact) mass is 195 g/mol. The van der Waals surface area contributed by atoms with E-state index >= 15 is 0 Å². The molecule has 2 N–H and O–H groups in total. The molecule has 1 fully saturated rings. The molecule has 0 radical (unpaired) electrons. The Labute approximate surface area is 80.8 Å². The van der Waals surface area contributed by atoms with Gasteiger partial charge in [0.1, 0.15) is 0 Å². The van der Waals surface area contributed by atoms with Gasteiger partial charge in [0, 0.05) is 31.3 Å². The van der Waals surface area contributed by atoms with Crippen LogP contribution in [0.15, 0.2) is 15.8 Å². The van der Waals surface area contributed by atoms with Crippen LogP contribution >= 0.6 is 0 Å². The van der Waals surface area contributed by atoms with Crippen molar-refractivity contribution in [2.24, 2.45) is 7.05 Å². The highest BCUT2D eigenvalue weighted by molar-refractivity contribution is 5.13. The van der Waals surface area contributed by atoms with Crippen LogP contribution in [0.4, 0.5) is 0 Å². The Morgan fingerprint density at radius 3 is 2.93 bits per heavy atom. The molecule has 1 aliphatic heterocycles. The van der Waals surface area contributed by atoms with Crippen LogP contribution in [0.5, 0.6) is 0 Å². The first-order valence-corrected chi connectivity index (χ1v) is 4.69. The summed E-state index contributed by atoms with van der Waals surface area (Å²) < 4.78 is 1.12. The molecule has 1 aromatic heterocycles. The fourth-order valence-electron chi connectivity index (χ4n) is 1.80. The number of rotatable bonds is 1. The zero-order valence-corrected chi connectivity index (χ0v) is 8.04. The standard InChI is InChI=1S/C9H13N3O2/c1-12-8(13)7(5-11-9(12)14)6-2-3-10-4-6/h5-6,10H,2-4H2,1H3,(H,11,14). The van der Waals surface area contributed by atoms with Gasteiger partial charge in [-0.1, -0.05) is 0 Å². The summed E-state index contributed by atoms with van der Waals surface area (Å²) in [4.78, 5) is 25.4. The first kappa shape index (κ1) is 9.21. The molecule has 1 atom stereocenters. The van der Waals surface area contributed by atoms with E-state index in [9.17, 15) is 9.59 Å². The summed E-state index contributed by atoms with van der Waals surface area (Å²) in [5.41, 5.74) is 0.171. The van der Waals surface area contributed by atoms with Gasteiger partial charge in [0.15, 0.2) is 0 Å². The highest BCUT2D eigenvalue weighted by Crippen LogP contribution is 2.17.